The van der Waals surface area contributed by atoms with E-state index < -0.39 is 0 Å². The molecule has 0 atom stereocenters. The van der Waals surface area contributed by atoms with E-state index in [0.717, 1.165) is 0 Å². The third kappa shape index (κ3) is 3.67. The van der Waals surface area contributed by atoms with Gasteiger partial charge in [0.25, 0.3) is 5.91 Å². The quantitative estimate of drug-likeness (QED) is 0.781. The second-order valence-corrected chi connectivity index (χ2v) is 5.37. The Kier molecular flexibility index (Phi) is 4.55. The molecule has 0 bridgehead atoms. The molecule has 0 spiro atoms. The summed E-state index contributed by atoms with van der Waals surface area (Å²) in [6.07, 6.45) is 3.27. The van der Waals surface area contributed by atoms with Crippen molar-refractivity contribution in [1.82, 2.24) is 20.5 Å². The number of pyridine rings is 1. The first-order valence-corrected chi connectivity index (χ1v) is 7.35. The summed E-state index contributed by atoms with van der Waals surface area (Å²) in [6.45, 7) is 0.104. The highest BCUT2D eigenvalue weighted by Gasteiger charge is 2.11. The van der Waals surface area contributed by atoms with Crippen LogP contribution in [0.4, 0.5) is 0 Å². The molecule has 23 heavy (non-hydrogen) atoms. The van der Waals surface area contributed by atoms with Crippen molar-refractivity contribution in [3.63, 3.8) is 0 Å². The lowest BCUT2D eigenvalue weighted by atomic mass is 10.2. The second-order valence-electron chi connectivity index (χ2n) is 4.55. The minimum absolute atomic E-state index is 0.104. The first kappa shape index (κ1) is 15.5. The van der Waals surface area contributed by atoms with Crippen LogP contribution in [0.15, 0.2) is 47.1 Å². The van der Waals surface area contributed by atoms with E-state index in [4.69, 9.17) is 27.6 Å². The molecule has 0 saturated heterocycles. The summed E-state index contributed by atoms with van der Waals surface area (Å²) < 4.78 is 5.47. The summed E-state index contributed by atoms with van der Waals surface area (Å²) in [4.78, 5) is 16.0. The maximum absolute atomic E-state index is 12.0. The Morgan fingerprint density at radius 1 is 1.17 bits per heavy atom. The third-order valence-corrected chi connectivity index (χ3v) is 3.70. The zero-order chi connectivity index (χ0) is 16.2. The number of benzene rings is 1. The van der Waals surface area contributed by atoms with E-state index in [0.29, 0.717) is 27.1 Å². The lowest BCUT2D eigenvalue weighted by molar-refractivity contribution is 0.0947. The van der Waals surface area contributed by atoms with Gasteiger partial charge in [-0.1, -0.05) is 23.2 Å². The summed E-state index contributed by atoms with van der Waals surface area (Å²) >= 11 is 11.7. The van der Waals surface area contributed by atoms with Crippen molar-refractivity contribution in [3.05, 3.63) is 64.2 Å². The molecule has 8 heteroatoms. The van der Waals surface area contributed by atoms with Gasteiger partial charge in [0.2, 0.25) is 11.8 Å². The van der Waals surface area contributed by atoms with Gasteiger partial charge in [-0.05, 0) is 30.3 Å². The molecule has 6 nitrogen and oxygen atoms in total. The smallest absolute Gasteiger partial charge is 0.251 e. The molecule has 116 valence electrons. The highest BCUT2D eigenvalue weighted by Crippen LogP contribution is 2.22. The number of amides is 1. The van der Waals surface area contributed by atoms with E-state index in [1.165, 1.54) is 6.07 Å². The van der Waals surface area contributed by atoms with Crippen LogP contribution in [0.3, 0.4) is 0 Å². The molecule has 0 aliphatic rings. The van der Waals surface area contributed by atoms with Crippen LogP contribution < -0.4 is 5.32 Å². The molecule has 0 aliphatic carbocycles. The van der Waals surface area contributed by atoms with Gasteiger partial charge >= 0.3 is 0 Å². The molecular weight excluding hydrogens is 339 g/mol. The Hall–Kier alpha value is -2.44. The van der Waals surface area contributed by atoms with Gasteiger partial charge in [0.1, 0.15) is 0 Å². The molecule has 0 saturated carbocycles. The third-order valence-electron chi connectivity index (χ3n) is 2.96. The number of hydrogen-bond donors (Lipinski definition) is 1. The van der Waals surface area contributed by atoms with E-state index in [-0.39, 0.29) is 18.3 Å². The van der Waals surface area contributed by atoms with Crippen molar-refractivity contribution in [2.45, 2.75) is 6.54 Å². The van der Waals surface area contributed by atoms with Gasteiger partial charge in [-0.15, -0.1) is 10.2 Å². The van der Waals surface area contributed by atoms with E-state index in [1.807, 2.05) is 0 Å². The number of nitrogens with zero attached hydrogens (tertiary/aromatic N) is 3. The van der Waals surface area contributed by atoms with Crippen LogP contribution in [-0.2, 0) is 6.54 Å². The van der Waals surface area contributed by atoms with Crippen LogP contribution in [0.1, 0.15) is 16.2 Å². The number of carbonyl (C=O) groups excluding carboxylic acids is 1. The molecule has 1 amide bonds. The molecule has 0 fully saturated rings. The average Bonchev–Trinajstić information content (AvgIpc) is 3.05. The molecular formula is C15H10Cl2N4O2. The molecule has 1 N–H and O–H groups in total. The monoisotopic (exact) mass is 348 g/mol. The Bertz CT molecular complexity index is 837. The zero-order valence-electron chi connectivity index (χ0n) is 11.7. The summed E-state index contributed by atoms with van der Waals surface area (Å²) in [6, 6.07) is 8.21. The van der Waals surface area contributed by atoms with Gasteiger partial charge in [0.05, 0.1) is 22.2 Å². The predicted octanol–water partition coefficient (Wildman–Crippen LogP) is 3.37. The van der Waals surface area contributed by atoms with Crippen LogP contribution in [0, 0.1) is 0 Å². The molecule has 0 unspecified atom stereocenters. The van der Waals surface area contributed by atoms with Crippen molar-refractivity contribution in [1.29, 1.82) is 0 Å². The second kappa shape index (κ2) is 6.76. The van der Waals surface area contributed by atoms with Gasteiger partial charge in [-0.2, -0.15) is 0 Å². The van der Waals surface area contributed by atoms with Gasteiger partial charge < -0.3 is 9.73 Å². The van der Waals surface area contributed by atoms with Gasteiger partial charge in [0.15, 0.2) is 0 Å². The Morgan fingerprint density at radius 3 is 2.78 bits per heavy atom. The Balaban J connectivity index is 1.65. The van der Waals surface area contributed by atoms with Crippen molar-refractivity contribution >= 4 is 29.1 Å². The maximum Gasteiger partial charge on any atom is 0.251 e. The first-order valence-electron chi connectivity index (χ1n) is 6.59. The summed E-state index contributed by atoms with van der Waals surface area (Å²) in [5.41, 5.74) is 1.11. The molecule has 3 rings (SSSR count). The van der Waals surface area contributed by atoms with Crippen LogP contribution in [0.2, 0.25) is 10.0 Å². The fourth-order valence-electron chi connectivity index (χ4n) is 1.83. The lowest BCUT2D eigenvalue weighted by Gasteiger charge is -2.03. The standard InChI is InChI=1S/C15H10Cl2N4O2/c16-11-4-3-9(6-12(11)17)14(22)19-8-13-20-21-15(23-13)10-2-1-5-18-7-10/h1-7H,8H2,(H,19,22). The Labute approximate surface area is 141 Å². The van der Waals surface area contributed by atoms with Crippen molar-refractivity contribution in [2.75, 3.05) is 0 Å². The van der Waals surface area contributed by atoms with Crippen LogP contribution in [0.5, 0.6) is 0 Å². The van der Waals surface area contributed by atoms with E-state index in [1.54, 1.807) is 36.7 Å². The normalized spacial score (nSPS) is 10.5. The highest BCUT2D eigenvalue weighted by molar-refractivity contribution is 6.42. The molecule has 2 heterocycles. The number of carbonyl (C=O) groups is 1. The molecule has 0 aliphatic heterocycles. The first-order chi connectivity index (χ1) is 11.1. The van der Waals surface area contributed by atoms with Gasteiger partial charge in [-0.3, -0.25) is 9.78 Å². The zero-order valence-corrected chi connectivity index (χ0v) is 13.2. The SMILES string of the molecule is O=C(NCc1nnc(-c2cccnc2)o1)c1ccc(Cl)c(Cl)c1. The number of aromatic nitrogens is 3. The van der Waals surface area contributed by atoms with Gasteiger partial charge in [-0.25, -0.2) is 0 Å². The van der Waals surface area contributed by atoms with Gasteiger partial charge in [0, 0.05) is 18.0 Å². The van der Waals surface area contributed by atoms with Crippen molar-refractivity contribution in [2.24, 2.45) is 0 Å². The minimum Gasteiger partial charge on any atom is -0.419 e. The van der Waals surface area contributed by atoms with E-state index >= 15 is 0 Å². The summed E-state index contributed by atoms with van der Waals surface area (Å²) in [5, 5.41) is 11.2. The van der Waals surface area contributed by atoms with E-state index in [9.17, 15) is 4.79 Å². The number of rotatable bonds is 4. The summed E-state index contributed by atoms with van der Waals surface area (Å²) in [7, 11) is 0. The fourth-order valence-corrected chi connectivity index (χ4v) is 2.12. The number of halogens is 2. The molecule has 3 aromatic rings. The molecule has 0 radical (unpaired) electrons. The van der Waals surface area contributed by atoms with Crippen LogP contribution >= 0.6 is 23.2 Å². The number of hydrogen-bond acceptors (Lipinski definition) is 5. The topological polar surface area (TPSA) is 80.9 Å². The van der Waals surface area contributed by atoms with Crippen molar-refractivity contribution < 1.29 is 9.21 Å². The Morgan fingerprint density at radius 2 is 2.04 bits per heavy atom. The predicted molar refractivity (Wildman–Crippen MR) is 85.2 cm³/mol. The molecule has 2 aromatic heterocycles. The van der Waals surface area contributed by atoms with Crippen LogP contribution in [-0.4, -0.2) is 21.1 Å². The average molecular weight is 349 g/mol. The maximum atomic E-state index is 12.0. The lowest BCUT2D eigenvalue weighted by Crippen LogP contribution is -2.22. The van der Waals surface area contributed by atoms with Crippen LogP contribution in [0.25, 0.3) is 11.5 Å². The number of nitrogens with one attached hydrogen (secondary N) is 1. The largest absolute Gasteiger partial charge is 0.419 e. The molecule has 1 aromatic carbocycles. The van der Waals surface area contributed by atoms with Crippen molar-refractivity contribution in [3.8, 4) is 11.5 Å². The summed E-state index contributed by atoms with van der Waals surface area (Å²) in [5.74, 6) is 0.318. The van der Waals surface area contributed by atoms with E-state index in [2.05, 4.69) is 20.5 Å². The minimum atomic E-state index is -0.315. The fraction of sp³-hybridized carbons (Fsp3) is 0.0667. The highest BCUT2D eigenvalue weighted by atomic mass is 35.5.